The Morgan fingerprint density at radius 2 is 1.50 bits per heavy atom. The summed E-state index contributed by atoms with van der Waals surface area (Å²) in [4.78, 5) is 0. The molecule has 0 atom stereocenters. The second-order valence-corrected chi connectivity index (χ2v) is 4.40. The summed E-state index contributed by atoms with van der Waals surface area (Å²) in [5.41, 5.74) is 3.67. The lowest BCUT2D eigenvalue weighted by atomic mass is 10.1. The fourth-order valence-electron chi connectivity index (χ4n) is 2.06. The van der Waals surface area contributed by atoms with E-state index in [2.05, 4.69) is 65.6 Å². The van der Waals surface area contributed by atoms with Gasteiger partial charge in [0, 0.05) is 0 Å². The average Bonchev–Trinajstić information content (AvgIpc) is 2.87. The van der Waals surface area contributed by atoms with Crippen molar-refractivity contribution < 1.29 is 4.57 Å². The zero-order chi connectivity index (χ0) is 12.4. The van der Waals surface area contributed by atoms with Crippen molar-refractivity contribution in [3.8, 4) is 16.8 Å². The highest BCUT2D eigenvalue weighted by molar-refractivity contribution is 5.64. The molecule has 0 spiro atoms. The summed E-state index contributed by atoms with van der Waals surface area (Å²) in [5, 5.41) is 0. The minimum atomic E-state index is 1.18. The fourth-order valence-corrected chi connectivity index (χ4v) is 2.06. The van der Waals surface area contributed by atoms with Crippen LogP contribution in [0.1, 0.15) is 0 Å². The lowest BCUT2D eigenvalue weighted by Crippen LogP contribution is -2.23. The molecular formula is C16H15N2+. The molecule has 0 amide bonds. The van der Waals surface area contributed by atoms with Crippen molar-refractivity contribution in [3.63, 3.8) is 0 Å². The first-order chi connectivity index (χ1) is 8.83. The van der Waals surface area contributed by atoms with Crippen LogP contribution in [0.5, 0.6) is 0 Å². The van der Waals surface area contributed by atoms with E-state index in [1.807, 2.05) is 23.9 Å². The highest BCUT2D eigenvalue weighted by Gasteiger charge is 2.04. The van der Waals surface area contributed by atoms with Gasteiger partial charge >= 0.3 is 0 Å². The van der Waals surface area contributed by atoms with Gasteiger partial charge in [-0.1, -0.05) is 42.5 Å². The Kier molecular flexibility index (Phi) is 2.69. The number of rotatable bonds is 2. The van der Waals surface area contributed by atoms with Gasteiger partial charge in [0.25, 0.3) is 0 Å². The summed E-state index contributed by atoms with van der Waals surface area (Å²) < 4.78 is 4.14. The SMILES string of the molecule is C[n+]1ccn(-c2ccc(-c3ccccc3)cc2)c1. The normalized spacial score (nSPS) is 10.5. The molecule has 0 aliphatic heterocycles. The number of nitrogens with zero attached hydrogens (tertiary/aromatic N) is 2. The van der Waals surface area contributed by atoms with Crippen molar-refractivity contribution >= 4 is 0 Å². The fraction of sp³-hybridized carbons (Fsp3) is 0.0625. The van der Waals surface area contributed by atoms with Gasteiger partial charge in [0.05, 0.1) is 7.05 Å². The summed E-state index contributed by atoms with van der Waals surface area (Å²) in [6.45, 7) is 0. The first-order valence-electron chi connectivity index (χ1n) is 6.02. The minimum absolute atomic E-state index is 1.18. The van der Waals surface area contributed by atoms with Crippen LogP contribution in [0.3, 0.4) is 0 Å². The van der Waals surface area contributed by atoms with Crippen LogP contribution in [0, 0.1) is 0 Å². The van der Waals surface area contributed by atoms with Gasteiger partial charge < -0.3 is 0 Å². The highest BCUT2D eigenvalue weighted by atomic mass is 15.1. The smallest absolute Gasteiger partial charge is 0.239 e. The highest BCUT2D eigenvalue weighted by Crippen LogP contribution is 2.20. The molecule has 1 aromatic heterocycles. The van der Waals surface area contributed by atoms with E-state index in [-0.39, 0.29) is 0 Å². The third-order valence-electron chi connectivity index (χ3n) is 3.04. The molecule has 2 nitrogen and oxygen atoms in total. The molecule has 0 unspecified atom stereocenters. The van der Waals surface area contributed by atoms with Gasteiger partial charge in [-0.05, 0) is 23.3 Å². The molecule has 0 saturated carbocycles. The van der Waals surface area contributed by atoms with Crippen LogP contribution in [-0.4, -0.2) is 4.57 Å². The molecule has 0 aliphatic carbocycles. The maximum absolute atomic E-state index is 2.16. The summed E-state index contributed by atoms with van der Waals surface area (Å²) >= 11 is 0. The van der Waals surface area contributed by atoms with Crippen molar-refractivity contribution in [2.45, 2.75) is 0 Å². The van der Waals surface area contributed by atoms with E-state index in [1.165, 1.54) is 16.8 Å². The Labute approximate surface area is 107 Å². The van der Waals surface area contributed by atoms with Crippen LogP contribution in [-0.2, 0) is 7.05 Å². The van der Waals surface area contributed by atoms with E-state index in [0.29, 0.717) is 0 Å². The van der Waals surface area contributed by atoms with Crippen LogP contribution in [0.4, 0.5) is 0 Å². The monoisotopic (exact) mass is 235 g/mol. The van der Waals surface area contributed by atoms with Crippen LogP contribution in [0.15, 0.2) is 73.3 Å². The summed E-state index contributed by atoms with van der Waals surface area (Å²) in [7, 11) is 2.02. The molecular weight excluding hydrogens is 220 g/mol. The summed E-state index contributed by atoms with van der Waals surface area (Å²) in [6, 6.07) is 19.0. The van der Waals surface area contributed by atoms with Crippen LogP contribution in [0.25, 0.3) is 16.8 Å². The molecule has 0 fully saturated rings. The molecule has 0 radical (unpaired) electrons. The summed E-state index contributed by atoms with van der Waals surface area (Å²) in [6.07, 6.45) is 6.14. The number of aromatic nitrogens is 2. The minimum Gasteiger partial charge on any atom is -0.239 e. The lowest BCUT2D eigenvalue weighted by molar-refractivity contribution is -0.670. The predicted molar refractivity (Wildman–Crippen MR) is 72.4 cm³/mol. The van der Waals surface area contributed by atoms with E-state index in [9.17, 15) is 0 Å². The largest absolute Gasteiger partial charge is 0.248 e. The molecule has 1 heterocycles. The Morgan fingerprint density at radius 1 is 0.833 bits per heavy atom. The number of aryl methyl sites for hydroxylation is 1. The molecule has 2 aromatic carbocycles. The van der Waals surface area contributed by atoms with E-state index in [4.69, 9.17) is 0 Å². The van der Waals surface area contributed by atoms with E-state index in [1.54, 1.807) is 0 Å². The zero-order valence-electron chi connectivity index (χ0n) is 10.3. The second kappa shape index (κ2) is 4.49. The maximum Gasteiger partial charge on any atom is 0.248 e. The van der Waals surface area contributed by atoms with Gasteiger partial charge in [0.2, 0.25) is 6.33 Å². The van der Waals surface area contributed by atoms with Gasteiger partial charge in [-0.25, -0.2) is 9.13 Å². The topological polar surface area (TPSA) is 8.81 Å². The molecule has 3 rings (SSSR count). The Bertz CT molecular complexity index is 636. The Balaban J connectivity index is 1.94. The molecule has 0 bridgehead atoms. The van der Waals surface area contributed by atoms with Gasteiger partial charge in [0.1, 0.15) is 18.1 Å². The van der Waals surface area contributed by atoms with E-state index >= 15 is 0 Å². The molecule has 2 heteroatoms. The van der Waals surface area contributed by atoms with Crippen LogP contribution < -0.4 is 4.57 Å². The molecule has 3 aromatic rings. The number of benzene rings is 2. The van der Waals surface area contributed by atoms with Crippen molar-refractivity contribution in [1.82, 2.24) is 4.57 Å². The summed E-state index contributed by atoms with van der Waals surface area (Å²) in [5.74, 6) is 0. The lowest BCUT2D eigenvalue weighted by Gasteiger charge is -2.01. The van der Waals surface area contributed by atoms with Crippen molar-refractivity contribution in [1.29, 1.82) is 0 Å². The standard InChI is InChI=1S/C16H15N2/c1-17-11-12-18(13-17)16-9-7-15(8-10-16)14-5-3-2-4-6-14/h2-13H,1H3/q+1. The predicted octanol–water partition coefficient (Wildman–Crippen LogP) is 2.97. The zero-order valence-corrected chi connectivity index (χ0v) is 10.3. The number of hydrogen-bond donors (Lipinski definition) is 0. The van der Waals surface area contributed by atoms with Crippen molar-refractivity contribution in [2.24, 2.45) is 7.05 Å². The van der Waals surface area contributed by atoms with Crippen LogP contribution in [0.2, 0.25) is 0 Å². The van der Waals surface area contributed by atoms with E-state index in [0.717, 1.165) is 0 Å². The Morgan fingerprint density at radius 3 is 2.11 bits per heavy atom. The molecule has 0 N–H and O–H groups in total. The third kappa shape index (κ3) is 2.05. The third-order valence-corrected chi connectivity index (χ3v) is 3.04. The number of hydrogen-bond acceptors (Lipinski definition) is 0. The first-order valence-corrected chi connectivity index (χ1v) is 6.02. The molecule has 0 saturated heterocycles. The van der Waals surface area contributed by atoms with E-state index < -0.39 is 0 Å². The molecule has 18 heavy (non-hydrogen) atoms. The van der Waals surface area contributed by atoms with Gasteiger partial charge in [0.15, 0.2) is 0 Å². The quantitative estimate of drug-likeness (QED) is 0.604. The van der Waals surface area contributed by atoms with Gasteiger partial charge in [-0.15, -0.1) is 0 Å². The Hall–Kier alpha value is -2.35. The average molecular weight is 235 g/mol. The second-order valence-electron chi connectivity index (χ2n) is 4.40. The maximum atomic E-state index is 2.16. The van der Waals surface area contributed by atoms with Crippen LogP contribution >= 0.6 is 0 Å². The van der Waals surface area contributed by atoms with Crippen molar-refractivity contribution in [2.75, 3.05) is 0 Å². The first kappa shape index (κ1) is 10.8. The van der Waals surface area contributed by atoms with Gasteiger partial charge in [-0.2, -0.15) is 0 Å². The number of imidazole rings is 1. The molecule has 0 aliphatic rings. The van der Waals surface area contributed by atoms with Gasteiger partial charge in [-0.3, -0.25) is 0 Å². The van der Waals surface area contributed by atoms with Crippen molar-refractivity contribution in [3.05, 3.63) is 73.3 Å². The molecule has 88 valence electrons.